The van der Waals surface area contributed by atoms with E-state index in [1.54, 1.807) is 20.8 Å². The van der Waals surface area contributed by atoms with Crippen LogP contribution < -0.4 is 0 Å². The third kappa shape index (κ3) is 4.04. The summed E-state index contributed by atoms with van der Waals surface area (Å²) in [5, 5.41) is 0. The first-order valence-electron chi connectivity index (χ1n) is 6.01. The van der Waals surface area contributed by atoms with Gasteiger partial charge in [0.05, 0.1) is 7.11 Å². The van der Waals surface area contributed by atoms with Crippen LogP contribution in [0.3, 0.4) is 0 Å². The summed E-state index contributed by atoms with van der Waals surface area (Å²) in [6, 6.07) is -1.00. The maximum atomic E-state index is 12.7. The summed E-state index contributed by atoms with van der Waals surface area (Å²) in [5.74, 6) is -1.73. The van der Waals surface area contributed by atoms with Gasteiger partial charge in [-0.2, -0.15) is 0 Å². The van der Waals surface area contributed by atoms with Crippen LogP contribution in [0, 0.1) is 5.92 Å². The molecular formula is C12H19F2NO4. The maximum Gasteiger partial charge on any atom is 0.411 e. The summed E-state index contributed by atoms with van der Waals surface area (Å²) in [6.07, 6.45) is -3.46. The molecule has 0 saturated carbocycles. The number of likely N-dealkylation sites (tertiary alicyclic amines) is 1. The van der Waals surface area contributed by atoms with E-state index < -0.39 is 36.0 Å². The summed E-state index contributed by atoms with van der Waals surface area (Å²) in [4.78, 5) is 24.5. The number of methoxy groups -OCH3 is 1. The number of hydrogen-bond acceptors (Lipinski definition) is 4. The van der Waals surface area contributed by atoms with Crippen molar-refractivity contribution in [3.63, 3.8) is 0 Å². The van der Waals surface area contributed by atoms with Crippen LogP contribution in [-0.4, -0.2) is 48.7 Å². The fourth-order valence-corrected chi connectivity index (χ4v) is 1.93. The molecule has 1 saturated heterocycles. The summed E-state index contributed by atoms with van der Waals surface area (Å²) >= 11 is 0. The zero-order valence-electron chi connectivity index (χ0n) is 11.5. The van der Waals surface area contributed by atoms with Gasteiger partial charge in [0.2, 0.25) is 6.43 Å². The summed E-state index contributed by atoms with van der Waals surface area (Å²) < 4.78 is 35.1. The fraction of sp³-hybridized carbons (Fsp3) is 0.833. The highest BCUT2D eigenvalue weighted by atomic mass is 19.3. The second kappa shape index (κ2) is 5.71. The lowest BCUT2D eigenvalue weighted by Crippen LogP contribution is -2.43. The van der Waals surface area contributed by atoms with E-state index in [1.165, 1.54) is 0 Å². The second-order valence-corrected chi connectivity index (χ2v) is 5.50. The highest BCUT2D eigenvalue weighted by molar-refractivity contribution is 5.82. The molecule has 2 atom stereocenters. The molecular weight excluding hydrogens is 260 g/mol. The molecule has 0 bridgehead atoms. The Morgan fingerprint density at radius 1 is 1.32 bits per heavy atom. The minimum Gasteiger partial charge on any atom is -0.467 e. The van der Waals surface area contributed by atoms with E-state index in [2.05, 4.69) is 4.74 Å². The Bertz CT molecular complexity index is 354. The van der Waals surface area contributed by atoms with Crippen LogP contribution in [0.4, 0.5) is 13.6 Å². The molecule has 0 aromatic rings. The number of nitrogens with zero attached hydrogens (tertiary/aromatic N) is 1. The Morgan fingerprint density at radius 3 is 2.32 bits per heavy atom. The van der Waals surface area contributed by atoms with E-state index >= 15 is 0 Å². The average molecular weight is 279 g/mol. The standard InChI is InChI=1S/C12H19F2NO4/c1-12(2,3)19-11(17)15-6-7(9(13)14)5-8(15)10(16)18-4/h7-9H,5-6H2,1-4H3/t7-,8-/m1/s1. The van der Waals surface area contributed by atoms with E-state index in [0.717, 1.165) is 12.0 Å². The van der Waals surface area contributed by atoms with Gasteiger partial charge in [0.15, 0.2) is 0 Å². The predicted octanol–water partition coefficient (Wildman–Crippen LogP) is 2.05. The molecule has 5 nitrogen and oxygen atoms in total. The Morgan fingerprint density at radius 2 is 1.89 bits per heavy atom. The lowest BCUT2D eigenvalue weighted by Gasteiger charge is -2.27. The Kier molecular flexibility index (Phi) is 4.70. The molecule has 0 aromatic carbocycles. The topological polar surface area (TPSA) is 55.8 Å². The van der Waals surface area contributed by atoms with Crippen LogP contribution in [0.5, 0.6) is 0 Å². The highest BCUT2D eigenvalue weighted by Gasteiger charge is 2.45. The molecule has 0 radical (unpaired) electrons. The Labute approximate surface area is 110 Å². The van der Waals surface area contributed by atoms with Crippen LogP contribution in [0.25, 0.3) is 0 Å². The summed E-state index contributed by atoms with van der Waals surface area (Å²) in [7, 11) is 1.16. The van der Waals surface area contributed by atoms with E-state index in [9.17, 15) is 18.4 Å². The zero-order chi connectivity index (χ0) is 14.8. The molecule has 7 heteroatoms. The van der Waals surface area contributed by atoms with Crippen molar-refractivity contribution >= 4 is 12.1 Å². The molecule has 1 rings (SSSR count). The molecule has 0 aromatic heterocycles. The molecule has 110 valence electrons. The van der Waals surface area contributed by atoms with Crippen molar-refractivity contribution in [2.75, 3.05) is 13.7 Å². The van der Waals surface area contributed by atoms with Gasteiger partial charge in [-0.25, -0.2) is 18.4 Å². The molecule has 0 spiro atoms. The van der Waals surface area contributed by atoms with Gasteiger partial charge >= 0.3 is 12.1 Å². The van der Waals surface area contributed by atoms with Crippen LogP contribution in [-0.2, 0) is 14.3 Å². The van der Waals surface area contributed by atoms with Gasteiger partial charge in [0.25, 0.3) is 0 Å². The van der Waals surface area contributed by atoms with Gasteiger partial charge in [-0.1, -0.05) is 0 Å². The number of carbonyl (C=O) groups excluding carboxylic acids is 2. The first-order chi connectivity index (χ1) is 8.65. The number of halogens is 2. The summed E-state index contributed by atoms with van der Waals surface area (Å²) in [5.41, 5.74) is -0.749. The third-order valence-corrected chi connectivity index (χ3v) is 2.79. The first-order valence-corrected chi connectivity index (χ1v) is 6.01. The van der Waals surface area contributed by atoms with Crippen LogP contribution in [0.15, 0.2) is 0 Å². The largest absolute Gasteiger partial charge is 0.467 e. The van der Waals surface area contributed by atoms with Crippen LogP contribution in [0.2, 0.25) is 0 Å². The van der Waals surface area contributed by atoms with Crippen molar-refractivity contribution in [1.82, 2.24) is 4.90 Å². The summed E-state index contributed by atoms with van der Waals surface area (Å²) in [6.45, 7) is 4.79. The second-order valence-electron chi connectivity index (χ2n) is 5.50. The minimum absolute atomic E-state index is 0.108. The Hall–Kier alpha value is -1.40. The number of hydrogen-bond donors (Lipinski definition) is 0. The van der Waals surface area contributed by atoms with Crippen molar-refractivity contribution in [3.05, 3.63) is 0 Å². The third-order valence-electron chi connectivity index (χ3n) is 2.79. The van der Waals surface area contributed by atoms with Gasteiger partial charge in [-0.15, -0.1) is 0 Å². The smallest absolute Gasteiger partial charge is 0.411 e. The molecule has 19 heavy (non-hydrogen) atoms. The van der Waals surface area contributed by atoms with Crippen molar-refractivity contribution in [1.29, 1.82) is 0 Å². The quantitative estimate of drug-likeness (QED) is 0.726. The SMILES string of the molecule is COC(=O)[C@H]1C[C@@H](C(F)F)CN1C(=O)OC(C)(C)C. The number of ether oxygens (including phenoxy) is 2. The lowest BCUT2D eigenvalue weighted by molar-refractivity contribution is -0.145. The van der Waals surface area contributed by atoms with E-state index in [1.807, 2.05) is 0 Å². The van der Waals surface area contributed by atoms with Crippen LogP contribution in [0.1, 0.15) is 27.2 Å². The normalized spacial score (nSPS) is 23.6. The van der Waals surface area contributed by atoms with Crippen LogP contribution >= 0.6 is 0 Å². The van der Waals surface area contributed by atoms with Gasteiger partial charge in [0, 0.05) is 12.5 Å². The predicted molar refractivity (Wildman–Crippen MR) is 62.9 cm³/mol. The molecule has 0 N–H and O–H groups in total. The first kappa shape index (κ1) is 15.7. The van der Waals surface area contributed by atoms with Gasteiger partial charge < -0.3 is 9.47 Å². The molecule has 1 aliphatic rings. The zero-order valence-corrected chi connectivity index (χ0v) is 11.5. The number of esters is 1. The molecule has 1 fully saturated rings. The van der Waals surface area contributed by atoms with E-state index in [0.29, 0.717) is 0 Å². The van der Waals surface area contributed by atoms with E-state index in [-0.39, 0.29) is 13.0 Å². The molecule has 0 aliphatic carbocycles. The highest BCUT2D eigenvalue weighted by Crippen LogP contribution is 2.30. The van der Waals surface area contributed by atoms with Crippen molar-refractivity contribution < 1.29 is 27.8 Å². The lowest BCUT2D eigenvalue weighted by atomic mass is 10.1. The Balaban J connectivity index is 2.83. The number of rotatable bonds is 2. The van der Waals surface area contributed by atoms with Gasteiger partial charge in [-0.3, -0.25) is 4.90 Å². The molecule has 0 unspecified atom stereocenters. The number of carbonyl (C=O) groups is 2. The van der Waals surface area contributed by atoms with E-state index in [4.69, 9.17) is 4.74 Å². The molecule has 1 amide bonds. The molecule has 1 heterocycles. The minimum atomic E-state index is -2.58. The monoisotopic (exact) mass is 279 g/mol. The molecule has 1 aliphatic heterocycles. The van der Waals surface area contributed by atoms with Crippen molar-refractivity contribution in [3.8, 4) is 0 Å². The van der Waals surface area contributed by atoms with Gasteiger partial charge in [-0.05, 0) is 27.2 Å². The van der Waals surface area contributed by atoms with Gasteiger partial charge in [0.1, 0.15) is 11.6 Å². The number of alkyl halides is 2. The maximum absolute atomic E-state index is 12.7. The average Bonchev–Trinajstić information content (AvgIpc) is 2.70. The number of amides is 1. The fourth-order valence-electron chi connectivity index (χ4n) is 1.93. The van der Waals surface area contributed by atoms with Crippen molar-refractivity contribution in [2.45, 2.75) is 45.3 Å². The van der Waals surface area contributed by atoms with Crippen molar-refractivity contribution in [2.24, 2.45) is 5.92 Å².